The summed E-state index contributed by atoms with van der Waals surface area (Å²) in [5.41, 5.74) is 0. The number of quaternary nitrogens is 1. The minimum Gasteiger partial charge on any atom is -0.303 e. The van der Waals surface area contributed by atoms with Gasteiger partial charge in [-0.15, -0.1) is 0 Å². The highest BCUT2D eigenvalue weighted by molar-refractivity contribution is 7.38. The van der Waals surface area contributed by atoms with Crippen LogP contribution in [0.4, 0.5) is 0 Å². The van der Waals surface area contributed by atoms with Crippen molar-refractivity contribution >= 4 is 8.53 Å². The molecule has 3 nitrogen and oxygen atoms in total. The van der Waals surface area contributed by atoms with E-state index in [1.54, 1.807) is 0 Å². The first-order valence-electron chi connectivity index (χ1n) is 4.45. The van der Waals surface area contributed by atoms with E-state index in [-0.39, 0.29) is 12.1 Å². The molecule has 2 N–H and O–H groups in total. The maximum atomic E-state index is 9.40. The highest BCUT2D eigenvalue weighted by Crippen LogP contribution is 2.44. The summed E-state index contributed by atoms with van der Waals surface area (Å²) >= 11 is 0. The lowest BCUT2D eigenvalue weighted by Crippen LogP contribution is -2.52. The molecule has 74 valence electrons. The van der Waals surface area contributed by atoms with Crippen molar-refractivity contribution in [1.82, 2.24) is 0 Å². The number of hydrogen-bond acceptors (Lipinski definition) is 2. The lowest BCUT2D eigenvalue weighted by Gasteiger charge is -2.43. The summed E-state index contributed by atoms with van der Waals surface area (Å²) in [6.45, 7) is 10.9. The van der Waals surface area contributed by atoms with Crippen molar-refractivity contribution in [2.45, 2.75) is 46.7 Å². The van der Waals surface area contributed by atoms with E-state index in [1.807, 2.05) is 34.6 Å². The zero-order chi connectivity index (χ0) is 9.94. The van der Waals surface area contributed by atoms with Gasteiger partial charge in [-0.2, -0.15) is 0 Å². The average Bonchev–Trinajstić information content (AvgIpc) is 1.86. The van der Waals surface area contributed by atoms with E-state index in [4.69, 9.17) is 0 Å². The van der Waals surface area contributed by atoms with Crippen LogP contribution in [-0.4, -0.2) is 32.7 Å². The summed E-state index contributed by atoms with van der Waals surface area (Å²) < 4.78 is 0.412. The van der Waals surface area contributed by atoms with Crippen LogP contribution in [0.5, 0.6) is 0 Å². The van der Waals surface area contributed by atoms with Crippen molar-refractivity contribution in [2.75, 3.05) is 6.54 Å². The Balaban J connectivity index is 4.77. The Morgan fingerprint density at radius 2 is 1.42 bits per heavy atom. The first-order chi connectivity index (χ1) is 5.39. The molecule has 0 heterocycles. The minimum absolute atomic E-state index is 0.260. The molecule has 0 spiro atoms. The van der Waals surface area contributed by atoms with Crippen LogP contribution in [0.1, 0.15) is 34.6 Å². The van der Waals surface area contributed by atoms with Crippen molar-refractivity contribution in [3.63, 3.8) is 0 Å². The number of rotatable bonds is 4. The highest BCUT2D eigenvalue weighted by atomic mass is 31.2. The monoisotopic (exact) mass is 194 g/mol. The second-order valence-electron chi connectivity index (χ2n) is 3.66. The van der Waals surface area contributed by atoms with Crippen molar-refractivity contribution < 1.29 is 14.0 Å². The Kier molecular flexibility index (Phi) is 4.64. The van der Waals surface area contributed by atoms with Gasteiger partial charge in [-0.05, 0) is 34.6 Å². The maximum absolute atomic E-state index is 9.40. The van der Waals surface area contributed by atoms with E-state index < -0.39 is 8.53 Å². The summed E-state index contributed by atoms with van der Waals surface area (Å²) in [6, 6.07) is 0.521. The van der Waals surface area contributed by atoms with Crippen LogP contribution in [0.15, 0.2) is 0 Å². The highest BCUT2D eigenvalue weighted by Gasteiger charge is 2.41. The second kappa shape index (κ2) is 4.52. The van der Waals surface area contributed by atoms with Crippen LogP contribution in [0.25, 0.3) is 0 Å². The van der Waals surface area contributed by atoms with E-state index in [0.29, 0.717) is 4.25 Å². The summed E-state index contributed by atoms with van der Waals surface area (Å²) in [5.74, 6) is 0. The molecule has 0 aromatic rings. The molecule has 0 aliphatic carbocycles. The summed E-state index contributed by atoms with van der Waals surface area (Å²) in [6.07, 6.45) is 0. The first-order valence-corrected chi connectivity index (χ1v) is 5.65. The predicted molar refractivity (Wildman–Crippen MR) is 52.4 cm³/mol. The molecule has 0 saturated carbocycles. The molecule has 0 aromatic carbocycles. The third-order valence-electron chi connectivity index (χ3n) is 2.63. The van der Waals surface area contributed by atoms with Gasteiger partial charge < -0.3 is 9.79 Å². The molecule has 0 amide bonds. The van der Waals surface area contributed by atoms with Gasteiger partial charge in [-0.1, -0.05) is 0 Å². The van der Waals surface area contributed by atoms with Crippen molar-refractivity contribution in [3.05, 3.63) is 0 Å². The van der Waals surface area contributed by atoms with Gasteiger partial charge in [0.05, 0.1) is 18.6 Å². The number of nitrogens with zero attached hydrogens (tertiary/aromatic N) is 1. The van der Waals surface area contributed by atoms with Crippen molar-refractivity contribution in [1.29, 1.82) is 0 Å². The van der Waals surface area contributed by atoms with Gasteiger partial charge in [0.2, 0.25) is 0 Å². The topological polar surface area (TPSA) is 40.5 Å². The normalized spacial score (nSPS) is 13.5. The van der Waals surface area contributed by atoms with Gasteiger partial charge in [0.1, 0.15) is 0 Å². The van der Waals surface area contributed by atoms with Crippen molar-refractivity contribution in [3.8, 4) is 0 Å². The van der Waals surface area contributed by atoms with Gasteiger partial charge in [-0.3, -0.25) is 4.25 Å². The molecule has 12 heavy (non-hydrogen) atoms. The maximum Gasteiger partial charge on any atom is 0.413 e. The van der Waals surface area contributed by atoms with E-state index in [2.05, 4.69) is 0 Å². The van der Waals surface area contributed by atoms with Crippen LogP contribution < -0.4 is 0 Å². The third-order valence-corrected chi connectivity index (χ3v) is 4.50. The molecule has 0 aliphatic heterocycles. The SMILES string of the molecule is CC[N+](C(C)C)(C(C)C)P(O)O. The molecular formula is C8H21NO2P+. The molecule has 0 radical (unpaired) electrons. The quantitative estimate of drug-likeness (QED) is 0.670. The van der Waals surface area contributed by atoms with E-state index in [9.17, 15) is 9.79 Å². The molecule has 0 atom stereocenters. The third kappa shape index (κ3) is 1.97. The van der Waals surface area contributed by atoms with Gasteiger partial charge in [0.25, 0.3) is 0 Å². The van der Waals surface area contributed by atoms with Gasteiger partial charge in [0, 0.05) is 0 Å². The Labute approximate surface area is 76.6 Å². The number of hydrogen-bond donors (Lipinski definition) is 2. The molecule has 0 aromatic heterocycles. The fourth-order valence-electron chi connectivity index (χ4n) is 1.87. The van der Waals surface area contributed by atoms with Crippen LogP contribution in [0.3, 0.4) is 0 Å². The fourth-order valence-corrected chi connectivity index (χ4v) is 2.95. The van der Waals surface area contributed by atoms with Gasteiger partial charge in [-0.25, -0.2) is 0 Å². The molecule has 0 saturated heterocycles. The molecule has 0 fully saturated rings. The largest absolute Gasteiger partial charge is 0.413 e. The molecule has 0 aliphatic rings. The average molecular weight is 194 g/mol. The van der Waals surface area contributed by atoms with Crippen LogP contribution in [0, 0.1) is 0 Å². The minimum atomic E-state index is -1.89. The zero-order valence-electron chi connectivity index (χ0n) is 8.65. The molecule has 0 bridgehead atoms. The first kappa shape index (κ1) is 12.3. The predicted octanol–water partition coefficient (Wildman–Crippen LogP) is 1.85. The smallest absolute Gasteiger partial charge is 0.303 e. The Hall–Kier alpha value is 0.310. The molecule has 0 unspecified atom stereocenters. The van der Waals surface area contributed by atoms with Gasteiger partial charge in [0.15, 0.2) is 0 Å². The molecule has 4 heteroatoms. The fraction of sp³-hybridized carbons (Fsp3) is 1.00. The van der Waals surface area contributed by atoms with E-state index >= 15 is 0 Å². The Morgan fingerprint density at radius 3 is 1.42 bits per heavy atom. The van der Waals surface area contributed by atoms with E-state index in [1.165, 1.54) is 0 Å². The second-order valence-corrected chi connectivity index (χ2v) is 4.94. The zero-order valence-corrected chi connectivity index (χ0v) is 9.55. The molecule has 0 rings (SSSR count). The summed E-state index contributed by atoms with van der Waals surface area (Å²) in [7, 11) is -1.89. The van der Waals surface area contributed by atoms with Crippen LogP contribution >= 0.6 is 8.53 Å². The summed E-state index contributed by atoms with van der Waals surface area (Å²) in [4.78, 5) is 18.8. The lowest BCUT2D eigenvalue weighted by molar-refractivity contribution is -0.859. The molecular weight excluding hydrogens is 173 g/mol. The van der Waals surface area contributed by atoms with Crippen molar-refractivity contribution in [2.24, 2.45) is 0 Å². The standard InChI is InChI=1S/C8H21NO2P/c1-6-9(7(2)3,8(4)5)12(10)11/h7-8,10-11H,6H2,1-5H3/q+1. The van der Waals surface area contributed by atoms with Gasteiger partial charge >= 0.3 is 8.53 Å². The Bertz CT molecular complexity index is 115. The van der Waals surface area contributed by atoms with Crippen LogP contribution in [-0.2, 0) is 0 Å². The van der Waals surface area contributed by atoms with E-state index in [0.717, 1.165) is 6.54 Å². The van der Waals surface area contributed by atoms with Crippen LogP contribution in [0.2, 0.25) is 0 Å². The lowest BCUT2D eigenvalue weighted by atomic mass is 10.2. The Morgan fingerprint density at radius 1 is 1.08 bits per heavy atom. The summed E-state index contributed by atoms with van der Waals surface area (Å²) in [5, 5.41) is 0.